The summed E-state index contributed by atoms with van der Waals surface area (Å²) >= 11 is 6.44. The SMILES string of the molecule is CC(O)C(C)Nc1c(F)c(Cl)c(-c2cn3cc(NC(=O)[C@@H]4C[C@@H]4F)nc3cn2)c2cn[nH]c12. The molecule has 2 unspecified atom stereocenters. The highest BCUT2D eigenvalue weighted by atomic mass is 35.5. The number of aliphatic hydroxyl groups is 1. The van der Waals surface area contributed by atoms with Crippen LogP contribution in [-0.4, -0.2) is 53.9 Å². The number of aromatic amines is 1. The molecule has 0 bridgehead atoms. The number of aliphatic hydroxyl groups excluding tert-OH is 1. The van der Waals surface area contributed by atoms with E-state index in [-0.39, 0.29) is 22.9 Å². The Morgan fingerprint density at radius 3 is 2.82 bits per heavy atom. The molecule has 0 aliphatic heterocycles. The Morgan fingerprint density at radius 1 is 1.36 bits per heavy atom. The molecule has 12 heteroatoms. The number of fused-ring (bicyclic) bond motifs is 2. The van der Waals surface area contributed by atoms with E-state index < -0.39 is 36.0 Å². The van der Waals surface area contributed by atoms with Gasteiger partial charge in [-0.05, 0) is 20.3 Å². The number of rotatable bonds is 6. The molecule has 1 saturated carbocycles. The van der Waals surface area contributed by atoms with E-state index in [2.05, 4.69) is 30.8 Å². The van der Waals surface area contributed by atoms with Crippen LogP contribution in [0.15, 0.2) is 24.8 Å². The van der Waals surface area contributed by atoms with Crippen molar-refractivity contribution in [3.63, 3.8) is 0 Å². The van der Waals surface area contributed by atoms with E-state index in [1.54, 1.807) is 30.6 Å². The quantitative estimate of drug-likeness (QED) is 0.338. The maximum Gasteiger partial charge on any atom is 0.231 e. The molecule has 1 aromatic carbocycles. The lowest BCUT2D eigenvalue weighted by molar-refractivity contribution is -0.117. The minimum atomic E-state index is -1.11. The van der Waals surface area contributed by atoms with Crippen molar-refractivity contribution in [2.24, 2.45) is 5.92 Å². The number of amides is 1. The molecule has 1 fully saturated rings. The predicted octanol–water partition coefficient (Wildman–Crippen LogP) is 3.54. The van der Waals surface area contributed by atoms with Gasteiger partial charge < -0.3 is 20.1 Å². The summed E-state index contributed by atoms with van der Waals surface area (Å²) in [4.78, 5) is 20.6. The summed E-state index contributed by atoms with van der Waals surface area (Å²) in [7, 11) is 0. The molecule has 1 aliphatic rings. The van der Waals surface area contributed by atoms with Crippen LogP contribution in [-0.2, 0) is 4.79 Å². The molecular weight excluding hydrogens is 456 g/mol. The summed E-state index contributed by atoms with van der Waals surface area (Å²) in [6.07, 6.45) is 4.53. The summed E-state index contributed by atoms with van der Waals surface area (Å²) in [6, 6.07) is -0.440. The second-order valence-corrected chi connectivity index (χ2v) is 8.60. The third-order valence-electron chi connectivity index (χ3n) is 5.78. The molecule has 3 heterocycles. The van der Waals surface area contributed by atoms with Crippen molar-refractivity contribution < 1.29 is 18.7 Å². The van der Waals surface area contributed by atoms with Gasteiger partial charge in [0.15, 0.2) is 17.3 Å². The molecule has 5 rings (SSSR count). The first-order chi connectivity index (χ1) is 15.7. The lowest BCUT2D eigenvalue weighted by Crippen LogP contribution is -2.28. The lowest BCUT2D eigenvalue weighted by atomic mass is 10.0. The maximum atomic E-state index is 15.3. The molecule has 0 radical (unpaired) electrons. The average Bonchev–Trinajstić information content (AvgIpc) is 3.15. The number of hydrogen-bond acceptors (Lipinski definition) is 6. The summed E-state index contributed by atoms with van der Waals surface area (Å²) in [5.74, 6) is -1.50. The number of nitrogens with zero attached hydrogens (tertiary/aromatic N) is 4. The normalized spacial score (nSPS) is 19.6. The number of benzene rings is 1. The number of H-pyrrole nitrogens is 1. The van der Waals surface area contributed by atoms with E-state index >= 15 is 4.39 Å². The first-order valence-electron chi connectivity index (χ1n) is 10.3. The van der Waals surface area contributed by atoms with E-state index in [0.717, 1.165) is 0 Å². The Kier molecular flexibility index (Phi) is 5.17. The number of alkyl halides is 1. The third-order valence-corrected chi connectivity index (χ3v) is 6.14. The van der Waals surface area contributed by atoms with E-state index in [4.69, 9.17) is 11.6 Å². The fourth-order valence-corrected chi connectivity index (χ4v) is 3.88. The maximum absolute atomic E-state index is 15.3. The van der Waals surface area contributed by atoms with Crippen LogP contribution in [0.2, 0.25) is 5.02 Å². The standard InChI is InChI=1S/C21H20ClF2N7O2/c1-8(9(2)32)27-20-18(24)17(22)16(11-4-26-30-19(11)20)13-6-31-7-14(28-15(31)5-25-13)29-21(33)10-3-12(10)23/h4-10,12,27,32H,3H2,1-2H3,(H,26,30)(H,29,33)/t8?,9?,10-,12+/m1/s1. The lowest BCUT2D eigenvalue weighted by Gasteiger charge is -2.20. The van der Waals surface area contributed by atoms with Crippen molar-refractivity contribution in [2.75, 3.05) is 10.6 Å². The van der Waals surface area contributed by atoms with Gasteiger partial charge in [0.25, 0.3) is 0 Å². The Labute approximate surface area is 191 Å². The van der Waals surface area contributed by atoms with Gasteiger partial charge in [0.05, 0.1) is 52.5 Å². The van der Waals surface area contributed by atoms with Gasteiger partial charge in [-0.2, -0.15) is 5.10 Å². The minimum Gasteiger partial charge on any atom is -0.391 e. The van der Waals surface area contributed by atoms with Crippen molar-refractivity contribution in [1.29, 1.82) is 0 Å². The topological polar surface area (TPSA) is 120 Å². The zero-order valence-electron chi connectivity index (χ0n) is 17.6. The Bertz CT molecular complexity index is 1390. The van der Waals surface area contributed by atoms with Gasteiger partial charge in [-0.15, -0.1) is 0 Å². The van der Waals surface area contributed by atoms with Crippen LogP contribution >= 0.6 is 11.6 Å². The number of hydrogen-bond donors (Lipinski definition) is 4. The molecule has 0 spiro atoms. The molecule has 0 saturated heterocycles. The summed E-state index contributed by atoms with van der Waals surface area (Å²) in [5, 5.41) is 22.5. The van der Waals surface area contributed by atoms with Crippen molar-refractivity contribution in [2.45, 2.75) is 38.6 Å². The summed E-state index contributed by atoms with van der Waals surface area (Å²) < 4.78 is 30.0. The number of aromatic nitrogens is 5. The molecule has 172 valence electrons. The fraction of sp³-hybridized carbons (Fsp3) is 0.333. The number of carbonyl (C=O) groups excluding carboxylic acids is 1. The largest absolute Gasteiger partial charge is 0.391 e. The van der Waals surface area contributed by atoms with Crippen molar-refractivity contribution >= 4 is 45.6 Å². The smallest absolute Gasteiger partial charge is 0.231 e. The van der Waals surface area contributed by atoms with Gasteiger partial charge in [-0.25, -0.2) is 13.8 Å². The number of carbonyl (C=O) groups is 1. The van der Waals surface area contributed by atoms with Crippen LogP contribution in [0.4, 0.5) is 20.3 Å². The van der Waals surface area contributed by atoms with Crippen LogP contribution in [0.1, 0.15) is 20.3 Å². The number of anilines is 2. The first kappa shape index (κ1) is 21.5. The number of imidazole rings is 1. The van der Waals surface area contributed by atoms with Gasteiger partial charge in [-0.3, -0.25) is 14.9 Å². The molecule has 4 aromatic rings. The van der Waals surface area contributed by atoms with Crippen LogP contribution < -0.4 is 10.6 Å². The highest BCUT2D eigenvalue weighted by molar-refractivity contribution is 6.35. The van der Waals surface area contributed by atoms with E-state index in [9.17, 15) is 14.3 Å². The monoisotopic (exact) mass is 475 g/mol. The second kappa shape index (κ2) is 7.92. The third kappa shape index (κ3) is 3.76. The Morgan fingerprint density at radius 2 is 2.12 bits per heavy atom. The van der Waals surface area contributed by atoms with E-state index in [0.29, 0.717) is 27.8 Å². The average molecular weight is 476 g/mol. The van der Waals surface area contributed by atoms with Crippen molar-refractivity contribution in [1.82, 2.24) is 24.6 Å². The van der Waals surface area contributed by atoms with Gasteiger partial charge >= 0.3 is 0 Å². The van der Waals surface area contributed by atoms with Crippen LogP contribution in [0.25, 0.3) is 27.8 Å². The number of halogens is 3. The first-order valence-corrected chi connectivity index (χ1v) is 10.7. The second-order valence-electron chi connectivity index (χ2n) is 8.22. The van der Waals surface area contributed by atoms with E-state index in [1.807, 2.05) is 0 Å². The Balaban J connectivity index is 1.54. The van der Waals surface area contributed by atoms with E-state index in [1.165, 1.54) is 12.4 Å². The summed E-state index contributed by atoms with van der Waals surface area (Å²) in [6.45, 7) is 3.31. The van der Waals surface area contributed by atoms with Gasteiger partial charge in [0, 0.05) is 23.2 Å². The molecule has 4 atom stereocenters. The Hall–Kier alpha value is -3.31. The summed E-state index contributed by atoms with van der Waals surface area (Å²) in [5.41, 5.74) is 1.60. The highest BCUT2D eigenvalue weighted by Gasteiger charge is 2.43. The predicted molar refractivity (Wildman–Crippen MR) is 119 cm³/mol. The van der Waals surface area contributed by atoms with Crippen LogP contribution in [0.3, 0.4) is 0 Å². The zero-order chi connectivity index (χ0) is 23.4. The van der Waals surface area contributed by atoms with Gasteiger partial charge in [0.1, 0.15) is 6.17 Å². The minimum absolute atomic E-state index is 0.101. The molecule has 33 heavy (non-hydrogen) atoms. The molecule has 9 nitrogen and oxygen atoms in total. The fourth-order valence-electron chi connectivity index (χ4n) is 3.59. The molecular formula is C21H20ClF2N7O2. The zero-order valence-corrected chi connectivity index (χ0v) is 18.4. The molecule has 3 aromatic heterocycles. The van der Waals surface area contributed by atoms with Crippen molar-refractivity contribution in [3.05, 3.63) is 35.6 Å². The highest BCUT2D eigenvalue weighted by Crippen LogP contribution is 2.41. The van der Waals surface area contributed by atoms with Crippen LogP contribution in [0, 0.1) is 11.7 Å². The molecule has 1 aliphatic carbocycles. The van der Waals surface area contributed by atoms with Gasteiger partial charge in [-0.1, -0.05) is 11.6 Å². The van der Waals surface area contributed by atoms with Crippen LogP contribution in [0.5, 0.6) is 0 Å². The van der Waals surface area contributed by atoms with Crippen molar-refractivity contribution in [3.8, 4) is 11.3 Å². The number of nitrogens with one attached hydrogen (secondary N) is 3. The van der Waals surface area contributed by atoms with Gasteiger partial charge in [0.2, 0.25) is 5.91 Å². The molecule has 4 N–H and O–H groups in total. The molecule has 1 amide bonds.